The van der Waals surface area contributed by atoms with Gasteiger partial charge >= 0.3 is 0 Å². The third-order valence-electron chi connectivity index (χ3n) is 4.75. The number of piperidine rings is 1. The normalized spacial score (nSPS) is 25.2. The second kappa shape index (κ2) is 6.08. The van der Waals surface area contributed by atoms with Crippen LogP contribution in [0.25, 0.3) is 0 Å². The highest BCUT2D eigenvalue weighted by Crippen LogP contribution is 2.39. The monoisotopic (exact) mass is 306 g/mol. The Hall–Kier alpha value is -1.89. The summed E-state index contributed by atoms with van der Waals surface area (Å²) in [6.07, 6.45) is 6.39. The lowest BCUT2D eigenvalue weighted by Gasteiger charge is -2.44. The Bertz CT molecular complexity index is 545. The number of aromatic nitrogens is 2. The molecule has 2 aliphatic heterocycles. The third kappa shape index (κ3) is 2.39. The van der Waals surface area contributed by atoms with Crippen molar-refractivity contribution in [2.75, 3.05) is 33.4 Å². The van der Waals surface area contributed by atoms with E-state index in [1.165, 1.54) is 6.20 Å². The molecule has 0 aromatic carbocycles. The van der Waals surface area contributed by atoms with E-state index < -0.39 is 5.54 Å². The zero-order valence-corrected chi connectivity index (χ0v) is 12.9. The lowest BCUT2D eigenvalue weighted by molar-refractivity contribution is -0.146. The van der Waals surface area contributed by atoms with Gasteiger partial charge in [0.1, 0.15) is 5.54 Å². The van der Waals surface area contributed by atoms with Crippen LogP contribution in [0.3, 0.4) is 0 Å². The molecule has 0 saturated carbocycles. The van der Waals surface area contributed by atoms with Crippen molar-refractivity contribution in [1.29, 1.82) is 0 Å². The molecule has 3 heterocycles. The molecule has 2 aliphatic rings. The van der Waals surface area contributed by atoms with Crippen LogP contribution in [0.1, 0.15) is 36.0 Å². The molecule has 1 N–H and O–H groups in total. The number of H-pyrrole nitrogens is 1. The molecule has 1 atom stereocenters. The number of nitrogens with zero attached hydrogens (tertiary/aromatic N) is 3. The first-order valence-electron chi connectivity index (χ1n) is 7.78. The summed E-state index contributed by atoms with van der Waals surface area (Å²) in [4.78, 5) is 29.3. The molecule has 1 spiro atoms. The Balaban J connectivity index is 1.83. The Morgan fingerprint density at radius 2 is 2.18 bits per heavy atom. The highest BCUT2D eigenvalue weighted by Gasteiger charge is 2.52. The summed E-state index contributed by atoms with van der Waals surface area (Å²) in [5, 5.41) is 6.50. The number of rotatable bonds is 4. The zero-order chi connectivity index (χ0) is 15.6. The molecule has 3 rings (SSSR count). The van der Waals surface area contributed by atoms with E-state index in [9.17, 15) is 9.59 Å². The molecule has 2 saturated heterocycles. The maximum Gasteiger partial charge on any atom is 0.257 e. The van der Waals surface area contributed by atoms with Gasteiger partial charge in [0, 0.05) is 32.9 Å². The van der Waals surface area contributed by atoms with E-state index in [1.54, 1.807) is 18.2 Å². The Morgan fingerprint density at radius 1 is 1.41 bits per heavy atom. The van der Waals surface area contributed by atoms with Gasteiger partial charge in [0.15, 0.2) is 0 Å². The number of amides is 2. The van der Waals surface area contributed by atoms with Crippen LogP contribution >= 0.6 is 0 Å². The molecule has 1 aromatic heterocycles. The molecule has 22 heavy (non-hydrogen) atoms. The average Bonchev–Trinajstić information content (AvgIpc) is 3.18. The van der Waals surface area contributed by atoms with Crippen molar-refractivity contribution in [1.82, 2.24) is 20.0 Å². The maximum absolute atomic E-state index is 13.0. The fourth-order valence-electron chi connectivity index (χ4n) is 3.66. The van der Waals surface area contributed by atoms with Crippen LogP contribution in [0.5, 0.6) is 0 Å². The van der Waals surface area contributed by atoms with Crippen molar-refractivity contribution in [3.63, 3.8) is 0 Å². The quantitative estimate of drug-likeness (QED) is 0.886. The van der Waals surface area contributed by atoms with Crippen molar-refractivity contribution in [3.05, 3.63) is 18.0 Å². The fourth-order valence-corrected chi connectivity index (χ4v) is 3.66. The van der Waals surface area contributed by atoms with E-state index in [4.69, 9.17) is 4.74 Å². The number of aromatic amines is 1. The second-order valence-corrected chi connectivity index (χ2v) is 5.97. The van der Waals surface area contributed by atoms with E-state index in [-0.39, 0.29) is 11.8 Å². The van der Waals surface area contributed by atoms with Gasteiger partial charge in [-0.15, -0.1) is 0 Å². The minimum absolute atomic E-state index is 0.0742. The van der Waals surface area contributed by atoms with Crippen molar-refractivity contribution >= 4 is 11.8 Å². The van der Waals surface area contributed by atoms with E-state index in [0.717, 1.165) is 32.2 Å². The first kappa shape index (κ1) is 15.0. The van der Waals surface area contributed by atoms with Crippen LogP contribution in [-0.2, 0) is 9.53 Å². The van der Waals surface area contributed by atoms with Gasteiger partial charge in [0.2, 0.25) is 5.91 Å². The van der Waals surface area contributed by atoms with Gasteiger partial charge in [-0.05, 0) is 25.7 Å². The van der Waals surface area contributed by atoms with Crippen LogP contribution in [0.2, 0.25) is 0 Å². The highest BCUT2D eigenvalue weighted by atomic mass is 16.5. The predicted molar refractivity (Wildman–Crippen MR) is 79.3 cm³/mol. The molecule has 120 valence electrons. The third-order valence-corrected chi connectivity index (χ3v) is 4.75. The fraction of sp³-hybridized carbons (Fsp3) is 0.667. The molecule has 0 aliphatic carbocycles. The standard InChI is InChI=1S/C15H22N4O3/c1-22-9-8-18-6-2-4-15(14(18)21)5-3-7-19(15)13(20)12-10-16-17-11-12/h10-11H,2-9H2,1H3,(H,16,17). The molecule has 1 unspecified atom stereocenters. The number of hydrogen-bond acceptors (Lipinski definition) is 4. The zero-order valence-electron chi connectivity index (χ0n) is 12.9. The topological polar surface area (TPSA) is 78.5 Å². The predicted octanol–water partition coefficient (Wildman–Crippen LogP) is 0.653. The number of likely N-dealkylation sites (tertiary alicyclic amines) is 2. The van der Waals surface area contributed by atoms with Crippen LogP contribution in [0.15, 0.2) is 12.4 Å². The Morgan fingerprint density at radius 3 is 2.86 bits per heavy atom. The largest absolute Gasteiger partial charge is 0.383 e. The van der Waals surface area contributed by atoms with Crippen molar-refractivity contribution in [3.8, 4) is 0 Å². The van der Waals surface area contributed by atoms with Crippen molar-refractivity contribution in [2.24, 2.45) is 0 Å². The van der Waals surface area contributed by atoms with Crippen LogP contribution in [0.4, 0.5) is 0 Å². The molecule has 7 nitrogen and oxygen atoms in total. The minimum atomic E-state index is -0.666. The smallest absolute Gasteiger partial charge is 0.257 e. The van der Waals surface area contributed by atoms with Crippen molar-refractivity contribution in [2.45, 2.75) is 31.2 Å². The number of hydrogen-bond donors (Lipinski definition) is 1. The first-order valence-corrected chi connectivity index (χ1v) is 7.78. The van der Waals surface area contributed by atoms with Crippen molar-refractivity contribution < 1.29 is 14.3 Å². The van der Waals surface area contributed by atoms with Gasteiger partial charge < -0.3 is 14.5 Å². The summed E-state index contributed by atoms with van der Waals surface area (Å²) >= 11 is 0. The van der Waals surface area contributed by atoms with Gasteiger partial charge in [-0.3, -0.25) is 14.7 Å². The average molecular weight is 306 g/mol. The molecule has 1 aromatic rings. The van der Waals surface area contributed by atoms with Gasteiger partial charge in [-0.2, -0.15) is 5.10 Å². The number of carbonyl (C=O) groups is 2. The first-order chi connectivity index (χ1) is 10.7. The van der Waals surface area contributed by atoms with E-state index in [0.29, 0.717) is 25.3 Å². The number of nitrogens with one attached hydrogen (secondary N) is 1. The number of ether oxygens (including phenoxy) is 1. The summed E-state index contributed by atoms with van der Waals surface area (Å²) in [5.41, 5.74) is -0.150. The van der Waals surface area contributed by atoms with E-state index in [1.807, 2.05) is 4.90 Å². The van der Waals surface area contributed by atoms with Gasteiger partial charge in [-0.25, -0.2) is 0 Å². The molecule has 2 amide bonds. The Labute approximate surface area is 129 Å². The Kier molecular flexibility index (Phi) is 4.15. The minimum Gasteiger partial charge on any atom is -0.383 e. The lowest BCUT2D eigenvalue weighted by Crippen LogP contribution is -2.61. The molecular weight excluding hydrogens is 284 g/mol. The summed E-state index contributed by atoms with van der Waals surface area (Å²) in [5.74, 6) is -0.0293. The van der Waals surface area contributed by atoms with Gasteiger partial charge in [0.05, 0.1) is 18.4 Å². The molecule has 7 heteroatoms. The molecule has 2 fully saturated rings. The van der Waals surface area contributed by atoms with Gasteiger partial charge in [-0.1, -0.05) is 0 Å². The number of methoxy groups -OCH3 is 1. The van der Waals surface area contributed by atoms with E-state index >= 15 is 0 Å². The molecular formula is C15H22N4O3. The summed E-state index contributed by atoms with van der Waals surface area (Å²) in [7, 11) is 1.63. The second-order valence-electron chi connectivity index (χ2n) is 5.97. The van der Waals surface area contributed by atoms with E-state index in [2.05, 4.69) is 10.2 Å². The molecule has 0 radical (unpaired) electrons. The van der Waals surface area contributed by atoms with Crippen LogP contribution in [0, 0.1) is 0 Å². The summed E-state index contributed by atoms with van der Waals surface area (Å²) in [6.45, 7) is 2.49. The summed E-state index contributed by atoms with van der Waals surface area (Å²) < 4.78 is 5.09. The maximum atomic E-state index is 13.0. The van der Waals surface area contributed by atoms with Gasteiger partial charge in [0.25, 0.3) is 5.91 Å². The van der Waals surface area contributed by atoms with Crippen LogP contribution in [-0.4, -0.2) is 70.7 Å². The lowest BCUT2D eigenvalue weighted by atomic mass is 9.85. The summed E-state index contributed by atoms with van der Waals surface area (Å²) in [6, 6.07) is 0. The molecule has 0 bridgehead atoms. The number of carbonyl (C=O) groups excluding carboxylic acids is 2. The highest BCUT2D eigenvalue weighted by molar-refractivity contribution is 5.99. The SMILES string of the molecule is COCCN1CCCC2(CCCN2C(=O)c2cn[nH]c2)C1=O. The van der Waals surface area contributed by atoms with Crippen LogP contribution < -0.4 is 0 Å².